The van der Waals surface area contributed by atoms with Crippen molar-refractivity contribution in [2.75, 3.05) is 6.54 Å². The van der Waals surface area contributed by atoms with E-state index < -0.39 is 0 Å². The van der Waals surface area contributed by atoms with Gasteiger partial charge in [-0.15, -0.1) is 0 Å². The highest BCUT2D eigenvalue weighted by Crippen LogP contribution is 2.60. The summed E-state index contributed by atoms with van der Waals surface area (Å²) in [6.07, 6.45) is 10.4. The molecule has 0 aromatic carbocycles. The molecule has 0 aromatic heterocycles. The first-order chi connectivity index (χ1) is 7.95. The maximum Gasteiger partial charge on any atom is 0.00966 e. The van der Waals surface area contributed by atoms with Crippen LogP contribution < -0.4 is 5.32 Å². The standard InChI is InChI=1S/C16H31N/c1-5-13-7-6-9-16(10-8-13)11-14(16)12-17-15(2,3)4/h13-14,17H,5-12H2,1-4H3. The van der Waals surface area contributed by atoms with Gasteiger partial charge in [0.2, 0.25) is 0 Å². The van der Waals surface area contributed by atoms with Crippen molar-refractivity contribution < 1.29 is 0 Å². The molecule has 2 aliphatic rings. The van der Waals surface area contributed by atoms with Crippen LogP contribution >= 0.6 is 0 Å². The third-order valence-corrected chi connectivity index (χ3v) is 5.15. The Kier molecular flexibility index (Phi) is 3.87. The summed E-state index contributed by atoms with van der Waals surface area (Å²) < 4.78 is 0. The van der Waals surface area contributed by atoms with Crippen LogP contribution in [-0.4, -0.2) is 12.1 Å². The largest absolute Gasteiger partial charge is 0.312 e. The SMILES string of the molecule is CCC1CCCC2(CC1)CC2CNC(C)(C)C. The van der Waals surface area contributed by atoms with E-state index in [-0.39, 0.29) is 0 Å². The van der Waals surface area contributed by atoms with Crippen molar-refractivity contribution in [2.24, 2.45) is 17.3 Å². The summed E-state index contributed by atoms with van der Waals surface area (Å²) in [4.78, 5) is 0. The van der Waals surface area contributed by atoms with Crippen LogP contribution in [0, 0.1) is 17.3 Å². The normalized spacial score (nSPS) is 38.1. The van der Waals surface area contributed by atoms with Crippen molar-refractivity contribution in [3.05, 3.63) is 0 Å². The smallest absolute Gasteiger partial charge is 0.00966 e. The maximum atomic E-state index is 3.70. The molecule has 100 valence electrons. The van der Waals surface area contributed by atoms with Gasteiger partial charge in [-0.1, -0.05) is 26.2 Å². The molecule has 2 rings (SSSR count). The van der Waals surface area contributed by atoms with E-state index in [4.69, 9.17) is 0 Å². The Hall–Kier alpha value is -0.0400. The fraction of sp³-hybridized carbons (Fsp3) is 1.00. The van der Waals surface area contributed by atoms with Gasteiger partial charge in [-0.3, -0.25) is 0 Å². The second-order valence-corrected chi connectivity index (χ2v) is 7.60. The zero-order chi connectivity index (χ0) is 12.5. The van der Waals surface area contributed by atoms with Gasteiger partial charge in [0.15, 0.2) is 0 Å². The summed E-state index contributed by atoms with van der Waals surface area (Å²) >= 11 is 0. The van der Waals surface area contributed by atoms with Crippen LogP contribution in [-0.2, 0) is 0 Å². The van der Waals surface area contributed by atoms with Gasteiger partial charge < -0.3 is 5.32 Å². The lowest BCUT2D eigenvalue weighted by molar-refractivity contribution is 0.345. The van der Waals surface area contributed by atoms with Crippen molar-refractivity contribution in [1.82, 2.24) is 5.32 Å². The summed E-state index contributed by atoms with van der Waals surface area (Å²) in [7, 11) is 0. The molecule has 17 heavy (non-hydrogen) atoms. The highest BCUT2D eigenvalue weighted by atomic mass is 15.0. The van der Waals surface area contributed by atoms with Gasteiger partial charge in [-0.2, -0.15) is 0 Å². The molecule has 3 atom stereocenters. The van der Waals surface area contributed by atoms with Crippen LogP contribution in [0.15, 0.2) is 0 Å². The van der Waals surface area contributed by atoms with Gasteiger partial charge in [-0.25, -0.2) is 0 Å². The van der Waals surface area contributed by atoms with Gasteiger partial charge in [0.25, 0.3) is 0 Å². The lowest BCUT2D eigenvalue weighted by Gasteiger charge is -2.22. The molecule has 1 nitrogen and oxygen atoms in total. The topological polar surface area (TPSA) is 12.0 Å². The van der Waals surface area contributed by atoms with E-state index in [1.54, 1.807) is 0 Å². The molecule has 0 heterocycles. The zero-order valence-corrected chi connectivity index (χ0v) is 12.3. The highest BCUT2D eigenvalue weighted by molar-refractivity contribution is 5.04. The number of hydrogen-bond donors (Lipinski definition) is 1. The molecule has 0 saturated heterocycles. The second-order valence-electron chi connectivity index (χ2n) is 7.60. The first-order valence-electron chi connectivity index (χ1n) is 7.70. The van der Waals surface area contributed by atoms with E-state index >= 15 is 0 Å². The van der Waals surface area contributed by atoms with Crippen molar-refractivity contribution in [3.8, 4) is 0 Å². The van der Waals surface area contributed by atoms with E-state index in [0.29, 0.717) is 5.54 Å². The monoisotopic (exact) mass is 237 g/mol. The molecule has 0 aliphatic heterocycles. The number of rotatable bonds is 3. The van der Waals surface area contributed by atoms with Crippen molar-refractivity contribution >= 4 is 0 Å². The predicted octanol–water partition coefficient (Wildman–Crippen LogP) is 4.37. The van der Waals surface area contributed by atoms with Crippen LogP contribution in [0.4, 0.5) is 0 Å². The lowest BCUT2D eigenvalue weighted by Crippen LogP contribution is -2.37. The molecule has 1 N–H and O–H groups in total. The molecular weight excluding hydrogens is 206 g/mol. The van der Waals surface area contributed by atoms with Gasteiger partial charge >= 0.3 is 0 Å². The molecule has 0 amide bonds. The van der Waals surface area contributed by atoms with Gasteiger partial charge in [-0.05, 0) is 70.3 Å². The fourth-order valence-corrected chi connectivity index (χ4v) is 3.67. The molecule has 1 heteroatoms. The maximum absolute atomic E-state index is 3.70. The summed E-state index contributed by atoms with van der Waals surface area (Å²) in [6, 6.07) is 0. The average Bonchev–Trinajstić information content (AvgIpc) is 2.98. The predicted molar refractivity (Wildman–Crippen MR) is 75.2 cm³/mol. The van der Waals surface area contributed by atoms with Crippen LogP contribution in [0.25, 0.3) is 0 Å². The third kappa shape index (κ3) is 3.47. The Morgan fingerprint density at radius 2 is 1.94 bits per heavy atom. The number of nitrogens with one attached hydrogen (secondary N) is 1. The Balaban J connectivity index is 1.79. The van der Waals surface area contributed by atoms with Crippen LogP contribution in [0.2, 0.25) is 0 Å². The molecule has 2 saturated carbocycles. The molecule has 0 radical (unpaired) electrons. The molecule has 3 unspecified atom stereocenters. The van der Waals surface area contributed by atoms with Crippen molar-refractivity contribution in [1.29, 1.82) is 0 Å². The van der Waals surface area contributed by atoms with Crippen LogP contribution in [0.1, 0.15) is 72.6 Å². The Bertz CT molecular complexity index is 253. The molecule has 2 fully saturated rings. The summed E-state index contributed by atoms with van der Waals surface area (Å²) in [5, 5.41) is 3.70. The first-order valence-corrected chi connectivity index (χ1v) is 7.70. The molecule has 0 aromatic rings. The minimum absolute atomic E-state index is 0.292. The molecule has 1 spiro atoms. The Labute approximate surface area is 108 Å². The Morgan fingerprint density at radius 1 is 1.18 bits per heavy atom. The van der Waals surface area contributed by atoms with Crippen LogP contribution in [0.3, 0.4) is 0 Å². The summed E-state index contributed by atoms with van der Waals surface area (Å²) in [5.74, 6) is 2.02. The van der Waals surface area contributed by atoms with Crippen molar-refractivity contribution in [2.45, 2.75) is 78.2 Å². The minimum atomic E-state index is 0.292. The molecular formula is C16H31N. The van der Waals surface area contributed by atoms with Gasteiger partial charge in [0.05, 0.1) is 0 Å². The van der Waals surface area contributed by atoms with Gasteiger partial charge in [0.1, 0.15) is 0 Å². The highest BCUT2D eigenvalue weighted by Gasteiger charge is 2.53. The number of hydrogen-bond acceptors (Lipinski definition) is 1. The van der Waals surface area contributed by atoms with Crippen LogP contribution in [0.5, 0.6) is 0 Å². The van der Waals surface area contributed by atoms with E-state index in [2.05, 4.69) is 33.0 Å². The lowest BCUT2D eigenvalue weighted by atomic mass is 9.92. The van der Waals surface area contributed by atoms with Gasteiger partial charge in [0, 0.05) is 5.54 Å². The third-order valence-electron chi connectivity index (χ3n) is 5.15. The van der Waals surface area contributed by atoms with E-state index in [9.17, 15) is 0 Å². The zero-order valence-electron chi connectivity index (χ0n) is 12.3. The van der Waals surface area contributed by atoms with Crippen molar-refractivity contribution in [3.63, 3.8) is 0 Å². The summed E-state index contributed by atoms with van der Waals surface area (Å²) in [5.41, 5.74) is 1.06. The Morgan fingerprint density at radius 3 is 2.59 bits per heavy atom. The van der Waals surface area contributed by atoms with E-state index in [0.717, 1.165) is 17.3 Å². The fourth-order valence-electron chi connectivity index (χ4n) is 3.67. The minimum Gasteiger partial charge on any atom is -0.312 e. The first kappa shape index (κ1) is 13.4. The van der Waals surface area contributed by atoms with E-state index in [1.807, 2.05) is 0 Å². The second kappa shape index (κ2) is 4.91. The quantitative estimate of drug-likeness (QED) is 0.768. The van der Waals surface area contributed by atoms with E-state index in [1.165, 1.54) is 51.5 Å². The molecule has 0 bridgehead atoms. The summed E-state index contributed by atoms with van der Waals surface area (Å²) in [6.45, 7) is 10.5. The average molecular weight is 237 g/mol. The molecule has 2 aliphatic carbocycles.